The van der Waals surface area contributed by atoms with E-state index < -0.39 is 10.0 Å². The Labute approximate surface area is 120 Å². The van der Waals surface area contributed by atoms with Crippen LogP contribution in [0, 0.1) is 0 Å². The molecule has 0 N–H and O–H groups in total. The van der Waals surface area contributed by atoms with Gasteiger partial charge in [0.1, 0.15) is 12.4 Å². The van der Waals surface area contributed by atoms with E-state index in [0.717, 1.165) is 12.8 Å². The number of nitrogens with zero attached hydrogens (tertiary/aromatic N) is 1. The predicted octanol–water partition coefficient (Wildman–Crippen LogP) is 2.72. The lowest BCUT2D eigenvalue weighted by molar-refractivity contribution is 0.342. The number of alkyl halides is 1. The van der Waals surface area contributed by atoms with Crippen LogP contribution in [0.2, 0.25) is 0 Å². The maximum absolute atomic E-state index is 12.2. The standard InChI is InChI=1S/C13H20ClNO3S/c1-3-4-10-15(2)19(16,17)13-7-5-12(6-8-13)18-11-9-14/h5-8H,3-4,9-11H2,1-2H3. The Morgan fingerprint density at radius 3 is 2.42 bits per heavy atom. The van der Waals surface area contributed by atoms with Gasteiger partial charge in [-0.3, -0.25) is 0 Å². The second-order valence-corrected chi connectivity index (χ2v) is 6.61. The van der Waals surface area contributed by atoms with E-state index in [1.807, 2.05) is 6.92 Å². The molecule has 0 saturated heterocycles. The fourth-order valence-electron chi connectivity index (χ4n) is 1.55. The minimum atomic E-state index is -3.40. The van der Waals surface area contributed by atoms with Gasteiger partial charge in [-0.15, -0.1) is 11.6 Å². The Bertz CT molecular complexity index is 473. The molecule has 0 spiro atoms. The number of hydrogen-bond donors (Lipinski definition) is 0. The summed E-state index contributed by atoms with van der Waals surface area (Å²) in [5.74, 6) is 1.02. The van der Waals surface area contributed by atoms with Crippen LogP contribution >= 0.6 is 11.6 Å². The van der Waals surface area contributed by atoms with Crippen molar-refractivity contribution in [2.24, 2.45) is 0 Å². The molecule has 0 saturated carbocycles. The van der Waals surface area contributed by atoms with E-state index >= 15 is 0 Å². The lowest BCUT2D eigenvalue weighted by Crippen LogP contribution is -2.27. The summed E-state index contributed by atoms with van der Waals surface area (Å²) in [6, 6.07) is 6.41. The lowest BCUT2D eigenvalue weighted by Gasteiger charge is -2.17. The van der Waals surface area contributed by atoms with Crippen molar-refractivity contribution in [2.45, 2.75) is 24.7 Å². The summed E-state index contributed by atoms with van der Waals surface area (Å²) in [4.78, 5) is 0.282. The highest BCUT2D eigenvalue weighted by atomic mass is 35.5. The normalized spacial score (nSPS) is 11.8. The third-order valence-electron chi connectivity index (χ3n) is 2.70. The van der Waals surface area contributed by atoms with Gasteiger partial charge >= 0.3 is 0 Å². The minimum absolute atomic E-state index is 0.282. The third kappa shape index (κ3) is 4.67. The first-order valence-electron chi connectivity index (χ1n) is 6.27. The van der Waals surface area contributed by atoms with Crippen molar-refractivity contribution in [3.05, 3.63) is 24.3 Å². The van der Waals surface area contributed by atoms with E-state index in [9.17, 15) is 8.42 Å². The number of rotatable bonds is 8. The number of hydrogen-bond acceptors (Lipinski definition) is 3. The Balaban J connectivity index is 2.78. The summed E-state index contributed by atoms with van der Waals surface area (Å²) in [6.07, 6.45) is 1.82. The van der Waals surface area contributed by atoms with E-state index in [-0.39, 0.29) is 4.90 Å². The average molecular weight is 306 g/mol. The molecule has 0 aliphatic carbocycles. The highest BCUT2D eigenvalue weighted by Crippen LogP contribution is 2.19. The summed E-state index contributed by atoms with van der Waals surface area (Å²) in [7, 11) is -1.80. The van der Waals surface area contributed by atoms with Crippen molar-refractivity contribution >= 4 is 21.6 Å². The number of sulfonamides is 1. The van der Waals surface area contributed by atoms with E-state index in [4.69, 9.17) is 16.3 Å². The van der Waals surface area contributed by atoms with Gasteiger partial charge in [0.15, 0.2) is 0 Å². The van der Waals surface area contributed by atoms with E-state index in [1.54, 1.807) is 31.3 Å². The van der Waals surface area contributed by atoms with Gasteiger partial charge in [0.05, 0.1) is 10.8 Å². The molecule has 0 aliphatic heterocycles. The molecule has 4 nitrogen and oxygen atoms in total. The zero-order valence-electron chi connectivity index (χ0n) is 11.3. The predicted molar refractivity (Wildman–Crippen MR) is 77.4 cm³/mol. The second kappa shape index (κ2) is 7.72. The molecular weight excluding hydrogens is 286 g/mol. The monoisotopic (exact) mass is 305 g/mol. The molecule has 0 atom stereocenters. The van der Waals surface area contributed by atoms with Crippen LogP contribution in [0.5, 0.6) is 5.75 Å². The molecule has 0 aromatic heterocycles. The molecule has 19 heavy (non-hydrogen) atoms. The molecule has 0 bridgehead atoms. The van der Waals surface area contributed by atoms with Gasteiger partial charge in [0, 0.05) is 13.6 Å². The van der Waals surface area contributed by atoms with Gasteiger partial charge in [-0.05, 0) is 30.7 Å². The summed E-state index contributed by atoms with van der Waals surface area (Å²) < 4.78 is 31.1. The zero-order valence-corrected chi connectivity index (χ0v) is 12.9. The molecule has 0 radical (unpaired) electrons. The first kappa shape index (κ1) is 16.3. The second-order valence-electron chi connectivity index (χ2n) is 4.19. The van der Waals surface area contributed by atoms with Crippen molar-refractivity contribution in [1.82, 2.24) is 4.31 Å². The molecule has 0 unspecified atom stereocenters. The third-order valence-corrected chi connectivity index (χ3v) is 4.73. The molecule has 6 heteroatoms. The van der Waals surface area contributed by atoms with Gasteiger partial charge in [0.25, 0.3) is 0 Å². The van der Waals surface area contributed by atoms with Gasteiger partial charge in [-0.1, -0.05) is 13.3 Å². The van der Waals surface area contributed by atoms with Crippen LogP contribution in [-0.2, 0) is 10.0 Å². The summed E-state index contributed by atoms with van der Waals surface area (Å²) in [5, 5.41) is 0. The number of unbranched alkanes of at least 4 members (excludes halogenated alkanes) is 1. The molecule has 1 aromatic carbocycles. The molecule has 0 amide bonds. The number of ether oxygens (including phenoxy) is 1. The fourth-order valence-corrected chi connectivity index (χ4v) is 2.83. The zero-order chi connectivity index (χ0) is 14.3. The molecule has 0 fully saturated rings. The van der Waals surface area contributed by atoms with Crippen molar-refractivity contribution in [3.8, 4) is 5.75 Å². The van der Waals surface area contributed by atoms with Crippen molar-refractivity contribution < 1.29 is 13.2 Å². The van der Waals surface area contributed by atoms with Gasteiger partial charge in [0.2, 0.25) is 10.0 Å². The molecule has 1 aromatic rings. The van der Waals surface area contributed by atoms with Crippen molar-refractivity contribution in [1.29, 1.82) is 0 Å². The molecule has 0 aliphatic rings. The fraction of sp³-hybridized carbons (Fsp3) is 0.538. The van der Waals surface area contributed by atoms with Gasteiger partial charge < -0.3 is 4.74 Å². The molecular formula is C13H20ClNO3S. The first-order chi connectivity index (χ1) is 9.02. The Morgan fingerprint density at radius 1 is 1.26 bits per heavy atom. The lowest BCUT2D eigenvalue weighted by atomic mass is 10.3. The first-order valence-corrected chi connectivity index (χ1v) is 8.25. The van der Waals surface area contributed by atoms with Crippen LogP contribution < -0.4 is 4.74 Å². The molecule has 1 rings (SSSR count). The van der Waals surface area contributed by atoms with Crippen LogP contribution in [-0.4, -0.2) is 38.8 Å². The van der Waals surface area contributed by atoms with Crippen molar-refractivity contribution in [2.75, 3.05) is 26.1 Å². The van der Waals surface area contributed by atoms with Crippen LogP contribution in [0.25, 0.3) is 0 Å². The topological polar surface area (TPSA) is 46.6 Å². The van der Waals surface area contributed by atoms with Crippen LogP contribution in [0.4, 0.5) is 0 Å². The molecule has 108 valence electrons. The van der Waals surface area contributed by atoms with Gasteiger partial charge in [-0.2, -0.15) is 0 Å². The summed E-state index contributed by atoms with van der Waals surface area (Å²) in [5.41, 5.74) is 0. The maximum atomic E-state index is 12.2. The SMILES string of the molecule is CCCCN(C)S(=O)(=O)c1ccc(OCCCl)cc1. The Hall–Kier alpha value is -0.780. The van der Waals surface area contributed by atoms with Gasteiger partial charge in [-0.25, -0.2) is 12.7 Å². The Morgan fingerprint density at radius 2 is 1.89 bits per heavy atom. The number of halogens is 1. The van der Waals surface area contributed by atoms with Crippen LogP contribution in [0.15, 0.2) is 29.2 Å². The van der Waals surface area contributed by atoms with Crippen LogP contribution in [0.3, 0.4) is 0 Å². The summed E-state index contributed by atoms with van der Waals surface area (Å²) >= 11 is 5.52. The smallest absolute Gasteiger partial charge is 0.242 e. The van der Waals surface area contributed by atoms with E-state index in [1.165, 1.54) is 4.31 Å². The van der Waals surface area contributed by atoms with Crippen LogP contribution in [0.1, 0.15) is 19.8 Å². The molecule has 0 heterocycles. The maximum Gasteiger partial charge on any atom is 0.242 e. The van der Waals surface area contributed by atoms with E-state index in [2.05, 4.69) is 0 Å². The quantitative estimate of drug-likeness (QED) is 0.694. The highest BCUT2D eigenvalue weighted by molar-refractivity contribution is 7.89. The minimum Gasteiger partial charge on any atom is -0.492 e. The number of benzene rings is 1. The largest absolute Gasteiger partial charge is 0.492 e. The van der Waals surface area contributed by atoms with Crippen molar-refractivity contribution in [3.63, 3.8) is 0 Å². The van der Waals surface area contributed by atoms with E-state index in [0.29, 0.717) is 24.8 Å². The highest BCUT2D eigenvalue weighted by Gasteiger charge is 2.19. The Kier molecular flexibility index (Phi) is 6.62. The summed E-state index contributed by atoms with van der Waals surface area (Å²) in [6.45, 7) is 2.97. The average Bonchev–Trinajstić information content (AvgIpc) is 2.42.